The number of ether oxygens (including phenoxy) is 2. The fraction of sp³-hybridized carbons (Fsp3) is 0.346. The van der Waals surface area contributed by atoms with Crippen molar-refractivity contribution < 1.29 is 14.3 Å². The molecule has 7 nitrogen and oxygen atoms in total. The van der Waals surface area contributed by atoms with Crippen LogP contribution in [-0.4, -0.2) is 53.1 Å². The van der Waals surface area contributed by atoms with E-state index in [9.17, 15) is 4.79 Å². The van der Waals surface area contributed by atoms with Crippen molar-refractivity contribution in [1.82, 2.24) is 19.9 Å². The first-order valence-electron chi connectivity index (χ1n) is 11.5. The second kappa shape index (κ2) is 9.46. The van der Waals surface area contributed by atoms with Gasteiger partial charge in [-0.15, -0.1) is 11.3 Å². The maximum Gasteiger partial charge on any atom is 0.274 e. The fourth-order valence-corrected chi connectivity index (χ4v) is 5.10. The lowest BCUT2D eigenvalue weighted by Gasteiger charge is -2.22. The van der Waals surface area contributed by atoms with Gasteiger partial charge in [0.05, 0.1) is 24.1 Å². The molecule has 4 aromatic rings. The minimum atomic E-state index is -0.0106. The van der Waals surface area contributed by atoms with Crippen LogP contribution in [0.1, 0.15) is 33.9 Å². The Bertz CT molecular complexity index is 1310. The van der Waals surface area contributed by atoms with Crippen molar-refractivity contribution in [2.24, 2.45) is 5.92 Å². The molecule has 0 unspecified atom stereocenters. The zero-order valence-electron chi connectivity index (χ0n) is 19.6. The second-order valence-electron chi connectivity index (χ2n) is 8.67. The molecule has 0 atom stereocenters. The number of carbonyl (C=O) groups excluding carboxylic acids is 1. The molecule has 1 N–H and O–H groups in total. The van der Waals surface area contributed by atoms with E-state index in [-0.39, 0.29) is 5.91 Å². The van der Waals surface area contributed by atoms with Gasteiger partial charge in [0.1, 0.15) is 11.4 Å². The molecule has 34 heavy (non-hydrogen) atoms. The van der Waals surface area contributed by atoms with E-state index in [4.69, 9.17) is 9.47 Å². The number of aryl methyl sites for hydroxylation is 1. The molecular formula is C26H28N4O3S. The van der Waals surface area contributed by atoms with Crippen LogP contribution in [0.4, 0.5) is 0 Å². The van der Waals surface area contributed by atoms with Gasteiger partial charge in [-0.05, 0) is 55.9 Å². The number of methoxy groups -OCH3 is 2. The first-order chi connectivity index (χ1) is 16.6. The van der Waals surface area contributed by atoms with Gasteiger partial charge in [0.2, 0.25) is 5.88 Å². The average molecular weight is 477 g/mol. The van der Waals surface area contributed by atoms with E-state index in [1.807, 2.05) is 42.3 Å². The van der Waals surface area contributed by atoms with Crippen molar-refractivity contribution in [2.45, 2.75) is 26.2 Å². The second-order valence-corrected chi connectivity index (χ2v) is 9.87. The van der Waals surface area contributed by atoms with Crippen molar-refractivity contribution in [1.29, 1.82) is 0 Å². The number of thiazole rings is 1. The number of rotatable bonds is 9. The van der Waals surface area contributed by atoms with Crippen LogP contribution < -0.4 is 9.47 Å². The number of amides is 1. The Morgan fingerprint density at radius 3 is 2.76 bits per heavy atom. The van der Waals surface area contributed by atoms with Crippen molar-refractivity contribution in [3.63, 3.8) is 0 Å². The average Bonchev–Trinajstić information content (AvgIpc) is 3.47. The van der Waals surface area contributed by atoms with Crippen molar-refractivity contribution >= 4 is 28.1 Å². The molecule has 0 bridgehead atoms. The molecule has 0 radical (unpaired) electrons. The Hall–Kier alpha value is -3.39. The molecule has 1 aromatic carbocycles. The number of fused-ring (bicyclic) bond motifs is 1. The van der Waals surface area contributed by atoms with E-state index < -0.39 is 0 Å². The minimum Gasteiger partial charge on any atom is -0.497 e. The summed E-state index contributed by atoms with van der Waals surface area (Å²) in [5.74, 6) is 1.95. The number of aromatic nitrogens is 3. The number of hydrogen-bond acceptors (Lipinski definition) is 6. The van der Waals surface area contributed by atoms with E-state index in [0.29, 0.717) is 24.0 Å². The van der Waals surface area contributed by atoms with E-state index in [1.165, 1.54) is 29.7 Å². The van der Waals surface area contributed by atoms with Crippen LogP contribution in [0.25, 0.3) is 21.3 Å². The Morgan fingerprint density at radius 1 is 1.21 bits per heavy atom. The van der Waals surface area contributed by atoms with Crippen LogP contribution in [-0.2, 0) is 6.42 Å². The van der Waals surface area contributed by atoms with E-state index >= 15 is 0 Å². The highest BCUT2D eigenvalue weighted by Gasteiger charge is 2.30. The molecule has 1 amide bonds. The monoisotopic (exact) mass is 476 g/mol. The third kappa shape index (κ3) is 4.63. The summed E-state index contributed by atoms with van der Waals surface area (Å²) in [6.45, 7) is 3.35. The lowest BCUT2D eigenvalue weighted by Crippen LogP contribution is -2.35. The normalized spacial score (nSPS) is 13.3. The van der Waals surface area contributed by atoms with Crippen LogP contribution in [0.3, 0.4) is 0 Å². The van der Waals surface area contributed by atoms with Gasteiger partial charge in [-0.1, -0.05) is 0 Å². The number of H-pyrrole nitrogens is 1. The third-order valence-electron chi connectivity index (χ3n) is 6.23. The molecule has 1 fully saturated rings. The summed E-state index contributed by atoms with van der Waals surface area (Å²) in [4.78, 5) is 28.9. The summed E-state index contributed by atoms with van der Waals surface area (Å²) < 4.78 is 10.5. The standard InChI is InChI=1S/C26H28N4O3S/c1-16-29-24(25(34-16)19-6-9-23(33-3)28-14-19)26(31)30(15-17-4-5-17)11-10-18-13-27-22-12-20(32-2)7-8-21(18)22/h6-9,12-14,17,27H,4-5,10-11,15H2,1-3H3. The number of nitrogens with one attached hydrogen (secondary N) is 1. The first-order valence-corrected chi connectivity index (χ1v) is 12.3. The van der Waals surface area contributed by atoms with Gasteiger partial charge in [0, 0.05) is 54.1 Å². The molecule has 0 aliphatic heterocycles. The number of pyridine rings is 1. The van der Waals surface area contributed by atoms with Crippen LogP contribution in [0.5, 0.6) is 11.6 Å². The molecule has 8 heteroatoms. The van der Waals surface area contributed by atoms with Crippen LogP contribution in [0, 0.1) is 12.8 Å². The lowest BCUT2D eigenvalue weighted by atomic mass is 10.1. The third-order valence-corrected chi connectivity index (χ3v) is 7.25. The molecule has 3 aromatic heterocycles. The molecule has 1 aliphatic carbocycles. The predicted molar refractivity (Wildman–Crippen MR) is 134 cm³/mol. The summed E-state index contributed by atoms with van der Waals surface area (Å²) in [6, 6.07) is 9.79. The van der Waals surface area contributed by atoms with Gasteiger partial charge in [0.15, 0.2) is 0 Å². The van der Waals surface area contributed by atoms with Crippen LogP contribution in [0.2, 0.25) is 0 Å². The zero-order chi connectivity index (χ0) is 23.7. The van der Waals surface area contributed by atoms with Gasteiger partial charge in [-0.3, -0.25) is 4.79 Å². The van der Waals surface area contributed by atoms with Gasteiger partial charge in [0.25, 0.3) is 5.91 Å². The predicted octanol–water partition coefficient (Wildman–Crippen LogP) is 5.11. The van der Waals surface area contributed by atoms with Gasteiger partial charge in [-0.25, -0.2) is 9.97 Å². The zero-order valence-corrected chi connectivity index (χ0v) is 20.4. The van der Waals surface area contributed by atoms with Crippen molar-refractivity contribution in [3.8, 4) is 22.1 Å². The summed E-state index contributed by atoms with van der Waals surface area (Å²) in [6.07, 6.45) is 6.91. The quantitative estimate of drug-likeness (QED) is 0.363. The van der Waals surface area contributed by atoms with Gasteiger partial charge >= 0.3 is 0 Å². The van der Waals surface area contributed by atoms with Gasteiger partial charge in [-0.2, -0.15) is 0 Å². The molecular weight excluding hydrogens is 448 g/mol. The van der Waals surface area contributed by atoms with Crippen molar-refractivity contribution in [3.05, 3.63) is 59.0 Å². The largest absolute Gasteiger partial charge is 0.497 e. The van der Waals surface area contributed by atoms with Gasteiger partial charge < -0.3 is 19.4 Å². The number of carbonyl (C=O) groups is 1. The van der Waals surface area contributed by atoms with Crippen LogP contribution in [0.15, 0.2) is 42.7 Å². The van der Waals surface area contributed by atoms with E-state index in [1.54, 1.807) is 20.4 Å². The highest BCUT2D eigenvalue weighted by Crippen LogP contribution is 2.34. The number of benzene rings is 1. The SMILES string of the molecule is COc1ccc2c(CCN(CC3CC3)C(=O)c3nc(C)sc3-c3ccc(OC)nc3)c[nH]c2c1. The highest BCUT2D eigenvalue weighted by atomic mass is 32.1. The Labute approximate surface area is 202 Å². The maximum absolute atomic E-state index is 13.7. The van der Waals surface area contributed by atoms with Crippen LogP contribution >= 0.6 is 11.3 Å². The number of hydrogen-bond donors (Lipinski definition) is 1. The molecule has 0 spiro atoms. The Kier molecular flexibility index (Phi) is 6.24. The summed E-state index contributed by atoms with van der Waals surface area (Å²) in [5.41, 5.74) is 3.63. The topological polar surface area (TPSA) is 80.3 Å². The molecule has 3 heterocycles. The Balaban J connectivity index is 1.39. The summed E-state index contributed by atoms with van der Waals surface area (Å²) in [5, 5.41) is 2.03. The smallest absolute Gasteiger partial charge is 0.274 e. The fourth-order valence-electron chi connectivity index (χ4n) is 4.20. The highest BCUT2D eigenvalue weighted by molar-refractivity contribution is 7.15. The maximum atomic E-state index is 13.7. The molecule has 1 saturated carbocycles. The van der Waals surface area contributed by atoms with Crippen molar-refractivity contribution in [2.75, 3.05) is 27.3 Å². The molecule has 1 aliphatic rings. The summed E-state index contributed by atoms with van der Waals surface area (Å²) >= 11 is 1.53. The number of aromatic amines is 1. The first kappa shape index (κ1) is 22.4. The molecule has 5 rings (SSSR count). The minimum absolute atomic E-state index is 0.0106. The van der Waals surface area contributed by atoms with E-state index in [2.05, 4.69) is 21.0 Å². The summed E-state index contributed by atoms with van der Waals surface area (Å²) in [7, 11) is 3.26. The molecule has 176 valence electrons. The molecule has 0 saturated heterocycles. The Morgan fingerprint density at radius 2 is 2.06 bits per heavy atom. The van der Waals surface area contributed by atoms with E-state index in [0.717, 1.165) is 45.1 Å². The number of nitrogens with zero attached hydrogens (tertiary/aromatic N) is 3. The lowest BCUT2D eigenvalue weighted by molar-refractivity contribution is 0.0745.